The van der Waals surface area contributed by atoms with Crippen LogP contribution < -0.4 is 5.32 Å². The minimum absolute atomic E-state index is 0.00564. The van der Waals surface area contributed by atoms with Gasteiger partial charge in [0, 0.05) is 18.7 Å². The average Bonchev–Trinajstić information content (AvgIpc) is 2.48. The number of benzene rings is 1. The Morgan fingerprint density at radius 1 is 1.41 bits per heavy atom. The largest absolute Gasteiger partial charge is 0.298 e. The number of thiocarbonyl (C=S) groups is 1. The molecule has 0 aliphatic carbocycles. The van der Waals surface area contributed by atoms with E-state index in [1.807, 2.05) is 0 Å². The molecule has 0 atom stereocenters. The van der Waals surface area contributed by atoms with Crippen LogP contribution in [0.15, 0.2) is 42.5 Å². The molecule has 1 aliphatic rings. The highest BCUT2D eigenvalue weighted by Crippen LogP contribution is 2.18. The summed E-state index contributed by atoms with van der Waals surface area (Å²) in [6.45, 7) is 3.68. The molecule has 1 aromatic carbocycles. The maximum Gasteiger partial charge on any atom is 0.270 e. The molecule has 0 spiro atoms. The molecule has 1 heterocycles. The molecule has 22 heavy (non-hydrogen) atoms. The van der Waals surface area contributed by atoms with E-state index >= 15 is 0 Å². The van der Waals surface area contributed by atoms with Crippen molar-refractivity contribution in [1.29, 1.82) is 0 Å². The first kappa shape index (κ1) is 15.5. The Morgan fingerprint density at radius 2 is 2.14 bits per heavy atom. The second kappa shape index (κ2) is 6.27. The van der Waals surface area contributed by atoms with Crippen LogP contribution in [0.5, 0.6) is 0 Å². The summed E-state index contributed by atoms with van der Waals surface area (Å²) in [6.07, 6.45) is 2.77. The number of carbonyl (C=O) groups is 2. The van der Waals surface area contributed by atoms with Crippen LogP contribution in [-0.2, 0) is 9.59 Å². The van der Waals surface area contributed by atoms with E-state index in [-0.39, 0.29) is 22.9 Å². The fourth-order valence-electron chi connectivity index (χ4n) is 1.88. The van der Waals surface area contributed by atoms with E-state index in [1.165, 1.54) is 35.3 Å². The molecule has 0 radical (unpaired) electrons. The van der Waals surface area contributed by atoms with E-state index in [4.69, 9.17) is 12.2 Å². The normalized spacial score (nSPS) is 16.6. The highest BCUT2D eigenvalue weighted by Gasteiger charge is 2.32. The van der Waals surface area contributed by atoms with Gasteiger partial charge in [0.05, 0.1) is 4.92 Å². The number of nitrogens with zero attached hydrogens (tertiary/aromatic N) is 2. The summed E-state index contributed by atoms with van der Waals surface area (Å²) in [4.78, 5) is 35.6. The third-order valence-corrected chi connectivity index (χ3v) is 3.21. The van der Waals surface area contributed by atoms with Crippen molar-refractivity contribution in [2.45, 2.75) is 0 Å². The highest BCUT2D eigenvalue weighted by molar-refractivity contribution is 7.80. The number of amides is 2. The summed E-state index contributed by atoms with van der Waals surface area (Å²) in [5, 5.41) is 13.2. The van der Waals surface area contributed by atoms with E-state index in [2.05, 4.69) is 11.9 Å². The lowest BCUT2D eigenvalue weighted by Gasteiger charge is -2.27. The van der Waals surface area contributed by atoms with Crippen molar-refractivity contribution in [3.8, 4) is 0 Å². The second-order valence-corrected chi connectivity index (χ2v) is 4.76. The van der Waals surface area contributed by atoms with E-state index in [1.54, 1.807) is 6.07 Å². The lowest BCUT2D eigenvalue weighted by atomic mass is 10.1. The van der Waals surface area contributed by atoms with Crippen LogP contribution in [0.3, 0.4) is 0 Å². The van der Waals surface area contributed by atoms with Crippen LogP contribution >= 0.6 is 12.2 Å². The standard InChI is InChI=1S/C14H11N3O4S/c1-2-6-16-13(19)11(12(18)15-14(16)22)8-9-4-3-5-10(7-9)17(20)21/h2-5,7-8H,1,6H2,(H,15,18,22)/b11-8+. The maximum atomic E-state index is 12.3. The van der Waals surface area contributed by atoms with Gasteiger partial charge in [-0.2, -0.15) is 0 Å². The first-order valence-corrected chi connectivity index (χ1v) is 6.59. The predicted molar refractivity (Wildman–Crippen MR) is 83.7 cm³/mol. The Morgan fingerprint density at radius 3 is 2.77 bits per heavy atom. The SMILES string of the molecule is C=CCN1C(=O)/C(=C/c2cccc([N+](=O)[O-])c2)C(=O)NC1=S. The van der Waals surface area contributed by atoms with Crippen molar-refractivity contribution in [3.05, 3.63) is 58.2 Å². The molecule has 1 N–H and O–H groups in total. The molecule has 1 saturated heterocycles. The van der Waals surface area contributed by atoms with Crippen molar-refractivity contribution in [3.63, 3.8) is 0 Å². The number of nitrogens with one attached hydrogen (secondary N) is 1. The van der Waals surface area contributed by atoms with Gasteiger partial charge in [-0.1, -0.05) is 18.2 Å². The summed E-state index contributed by atoms with van der Waals surface area (Å²) in [5.74, 6) is -1.21. The zero-order valence-corrected chi connectivity index (χ0v) is 12.1. The predicted octanol–water partition coefficient (Wildman–Crippen LogP) is 1.41. The quantitative estimate of drug-likeness (QED) is 0.226. The van der Waals surface area contributed by atoms with Crippen LogP contribution in [0.25, 0.3) is 6.08 Å². The Labute approximate surface area is 131 Å². The summed E-state index contributed by atoms with van der Waals surface area (Å²) in [6, 6.07) is 5.63. The number of non-ortho nitro benzene ring substituents is 1. The monoisotopic (exact) mass is 317 g/mol. The van der Waals surface area contributed by atoms with Gasteiger partial charge in [-0.3, -0.25) is 29.9 Å². The number of nitro groups is 1. The Balaban J connectivity index is 2.40. The van der Waals surface area contributed by atoms with Crippen molar-refractivity contribution >= 4 is 40.9 Å². The van der Waals surface area contributed by atoms with Gasteiger partial charge >= 0.3 is 0 Å². The van der Waals surface area contributed by atoms with E-state index < -0.39 is 16.7 Å². The summed E-state index contributed by atoms with van der Waals surface area (Å²) >= 11 is 4.93. The van der Waals surface area contributed by atoms with Gasteiger partial charge in [0.2, 0.25) is 0 Å². The molecular weight excluding hydrogens is 306 g/mol. The Bertz CT molecular complexity index is 727. The minimum atomic E-state index is -0.637. The van der Waals surface area contributed by atoms with Crippen molar-refractivity contribution in [2.24, 2.45) is 0 Å². The molecule has 0 bridgehead atoms. The topological polar surface area (TPSA) is 92.6 Å². The number of hydrogen-bond donors (Lipinski definition) is 1. The summed E-state index contributed by atoms with van der Waals surface area (Å²) in [7, 11) is 0. The smallest absolute Gasteiger partial charge is 0.270 e. The number of nitro benzene ring substituents is 1. The van der Waals surface area contributed by atoms with Gasteiger partial charge in [0.1, 0.15) is 5.57 Å². The fraction of sp³-hybridized carbons (Fsp3) is 0.0714. The second-order valence-electron chi connectivity index (χ2n) is 4.37. The van der Waals surface area contributed by atoms with E-state index in [9.17, 15) is 19.7 Å². The zero-order valence-electron chi connectivity index (χ0n) is 11.3. The molecule has 1 aromatic rings. The Hall–Kier alpha value is -2.87. The third kappa shape index (κ3) is 3.07. The number of carbonyl (C=O) groups excluding carboxylic acids is 2. The highest BCUT2D eigenvalue weighted by atomic mass is 32.1. The van der Waals surface area contributed by atoms with Crippen LogP contribution in [0.2, 0.25) is 0 Å². The van der Waals surface area contributed by atoms with Crippen LogP contribution in [0, 0.1) is 10.1 Å². The molecule has 2 rings (SSSR count). The fourth-order valence-corrected chi connectivity index (χ4v) is 2.13. The minimum Gasteiger partial charge on any atom is -0.298 e. The average molecular weight is 317 g/mol. The molecule has 0 unspecified atom stereocenters. The van der Waals surface area contributed by atoms with Gasteiger partial charge in [-0.05, 0) is 23.9 Å². The molecule has 0 saturated carbocycles. The molecular formula is C14H11N3O4S. The molecule has 7 nitrogen and oxygen atoms in total. The van der Waals surface area contributed by atoms with Crippen molar-refractivity contribution in [2.75, 3.05) is 6.54 Å². The van der Waals surface area contributed by atoms with Crippen molar-refractivity contribution in [1.82, 2.24) is 10.2 Å². The molecule has 8 heteroatoms. The molecule has 1 fully saturated rings. The Kier molecular flexibility index (Phi) is 4.42. The first-order valence-electron chi connectivity index (χ1n) is 6.18. The summed E-state index contributed by atoms with van der Waals surface area (Å²) in [5.41, 5.74) is 0.103. The molecule has 2 amide bonds. The molecule has 112 valence electrons. The van der Waals surface area contributed by atoms with Crippen LogP contribution in [0.4, 0.5) is 5.69 Å². The number of rotatable bonds is 4. The van der Waals surface area contributed by atoms with Gasteiger partial charge in [-0.15, -0.1) is 6.58 Å². The lowest BCUT2D eigenvalue weighted by molar-refractivity contribution is -0.384. The van der Waals surface area contributed by atoms with Gasteiger partial charge < -0.3 is 0 Å². The van der Waals surface area contributed by atoms with Gasteiger partial charge in [0.15, 0.2) is 5.11 Å². The molecule has 0 aromatic heterocycles. The maximum absolute atomic E-state index is 12.3. The van der Waals surface area contributed by atoms with E-state index in [0.29, 0.717) is 5.56 Å². The first-order chi connectivity index (χ1) is 10.4. The third-order valence-electron chi connectivity index (χ3n) is 2.89. The van der Waals surface area contributed by atoms with Crippen LogP contribution in [-0.4, -0.2) is 33.3 Å². The van der Waals surface area contributed by atoms with Crippen molar-refractivity contribution < 1.29 is 14.5 Å². The number of hydrogen-bond acceptors (Lipinski definition) is 5. The van der Waals surface area contributed by atoms with Gasteiger partial charge in [-0.25, -0.2) is 0 Å². The van der Waals surface area contributed by atoms with E-state index in [0.717, 1.165) is 0 Å². The lowest BCUT2D eigenvalue weighted by Crippen LogP contribution is -2.53. The van der Waals surface area contributed by atoms with Gasteiger partial charge in [0.25, 0.3) is 17.5 Å². The van der Waals surface area contributed by atoms with Crippen LogP contribution in [0.1, 0.15) is 5.56 Å². The zero-order chi connectivity index (χ0) is 16.3. The molecule has 1 aliphatic heterocycles. The summed E-state index contributed by atoms with van der Waals surface area (Å²) < 4.78 is 0.